The van der Waals surface area contributed by atoms with Crippen LogP contribution in [0.5, 0.6) is 0 Å². The SMILES string of the molecule is CCOC(COCCNC(=O)OCc1ccc([N+](=O)[O-])cc1)OCC. The molecule has 0 saturated carbocycles. The van der Waals surface area contributed by atoms with Crippen LogP contribution in [0, 0.1) is 10.1 Å². The maximum Gasteiger partial charge on any atom is 0.407 e. The van der Waals surface area contributed by atoms with Gasteiger partial charge in [0, 0.05) is 31.9 Å². The Labute approximate surface area is 146 Å². The number of nitrogens with zero attached hydrogens (tertiary/aromatic N) is 1. The van der Waals surface area contributed by atoms with Crippen LogP contribution in [0.2, 0.25) is 0 Å². The summed E-state index contributed by atoms with van der Waals surface area (Å²) in [6.45, 7) is 5.68. The van der Waals surface area contributed by atoms with Gasteiger partial charge < -0.3 is 24.3 Å². The summed E-state index contributed by atoms with van der Waals surface area (Å²) >= 11 is 0. The minimum Gasteiger partial charge on any atom is -0.445 e. The normalized spacial score (nSPS) is 10.7. The standard InChI is InChI=1S/C16H24N2O7/c1-3-23-15(24-4-2)12-22-10-9-17-16(19)25-11-13-5-7-14(8-6-13)18(20)21/h5-8,15H,3-4,9-12H2,1-2H3,(H,17,19). The minimum atomic E-state index is -0.590. The smallest absolute Gasteiger partial charge is 0.407 e. The minimum absolute atomic E-state index is 0.0113. The summed E-state index contributed by atoms with van der Waals surface area (Å²) in [6, 6.07) is 5.79. The lowest BCUT2D eigenvalue weighted by molar-refractivity contribution is -0.384. The Morgan fingerprint density at radius 3 is 2.40 bits per heavy atom. The molecule has 1 amide bonds. The number of hydrogen-bond donors (Lipinski definition) is 1. The van der Waals surface area contributed by atoms with Gasteiger partial charge in [-0.05, 0) is 31.5 Å². The van der Waals surface area contributed by atoms with E-state index in [1.807, 2.05) is 13.8 Å². The van der Waals surface area contributed by atoms with E-state index in [1.54, 1.807) is 0 Å². The molecule has 0 saturated heterocycles. The van der Waals surface area contributed by atoms with E-state index >= 15 is 0 Å². The van der Waals surface area contributed by atoms with Gasteiger partial charge >= 0.3 is 6.09 Å². The van der Waals surface area contributed by atoms with Gasteiger partial charge in [0.1, 0.15) is 6.61 Å². The van der Waals surface area contributed by atoms with E-state index in [4.69, 9.17) is 18.9 Å². The van der Waals surface area contributed by atoms with Crippen molar-refractivity contribution in [2.45, 2.75) is 26.7 Å². The van der Waals surface area contributed by atoms with Crippen molar-refractivity contribution in [3.05, 3.63) is 39.9 Å². The molecule has 1 aromatic carbocycles. The molecule has 1 aromatic rings. The van der Waals surface area contributed by atoms with Crippen LogP contribution in [0.25, 0.3) is 0 Å². The van der Waals surface area contributed by atoms with Crippen LogP contribution in [0.4, 0.5) is 10.5 Å². The lowest BCUT2D eigenvalue weighted by atomic mass is 10.2. The zero-order valence-electron chi connectivity index (χ0n) is 14.4. The Morgan fingerprint density at radius 1 is 1.20 bits per heavy atom. The van der Waals surface area contributed by atoms with Crippen molar-refractivity contribution in [3.63, 3.8) is 0 Å². The number of carbonyl (C=O) groups excluding carboxylic acids is 1. The molecule has 1 N–H and O–H groups in total. The number of alkyl carbamates (subject to hydrolysis) is 1. The van der Waals surface area contributed by atoms with Gasteiger partial charge in [0.2, 0.25) is 0 Å². The van der Waals surface area contributed by atoms with Crippen molar-refractivity contribution in [2.24, 2.45) is 0 Å². The van der Waals surface area contributed by atoms with Crippen molar-refractivity contribution in [2.75, 3.05) is 33.0 Å². The predicted octanol–water partition coefficient (Wildman–Crippen LogP) is 2.24. The Morgan fingerprint density at radius 2 is 1.84 bits per heavy atom. The maximum absolute atomic E-state index is 11.5. The highest BCUT2D eigenvalue weighted by molar-refractivity contribution is 5.67. The molecule has 0 aliphatic heterocycles. The third kappa shape index (κ3) is 8.99. The second kappa shape index (κ2) is 12.2. The van der Waals surface area contributed by atoms with Crippen molar-refractivity contribution in [3.8, 4) is 0 Å². The van der Waals surface area contributed by atoms with Crippen molar-refractivity contribution < 1.29 is 28.7 Å². The fourth-order valence-corrected chi connectivity index (χ4v) is 1.83. The zero-order valence-corrected chi connectivity index (χ0v) is 14.4. The van der Waals surface area contributed by atoms with Crippen LogP contribution in [0.1, 0.15) is 19.4 Å². The number of nitrogens with one attached hydrogen (secondary N) is 1. The topological polar surface area (TPSA) is 109 Å². The van der Waals surface area contributed by atoms with Gasteiger partial charge in [-0.15, -0.1) is 0 Å². The number of nitro benzene ring substituents is 1. The molecule has 0 bridgehead atoms. The summed E-state index contributed by atoms with van der Waals surface area (Å²) in [5, 5.41) is 13.1. The van der Waals surface area contributed by atoms with E-state index in [2.05, 4.69) is 5.32 Å². The molecule has 0 fully saturated rings. The first-order valence-electron chi connectivity index (χ1n) is 8.01. The fourth-order valence-electron chi connectivity index (χ4n) is 1.83. The molecule has 0 unspecified atom stereocenters. The first-order chi connectivity index (χ1) is 12.1. The van der Waals surface area contributed by atoms with E-state index in [9.17, 15) is 14.9 Å². The molecule has 0 aliphatic carbocycles. The van der Waals surface area contributed by atoms with E-state index in [0.717, 1.165) is 0 Å². The third-order valence-electron chi connectivity index (χ3n) is 2.99. The lowest BCUT2D eigenvalue weighted by Gasteiger charge is -2.16. The third-order valence-corrected chi connectivity index (χ3v) is 2.99. The largest absolute Gasteiger partial charge is 0.445 e. The van der Waals surface area contributed by atoms with Crippen molar-refractivity contribution in [1.29, 1.82) is 0 Å². The van der Waals surface area contributed by atoms with Gasteiger partial charge in [0.15, 0.2) is 6.29 Å². The van der Waals surface area contributed by atoms with Crippen LogP contribution in [-0.4, -0.2) is 50.3 Å². The first-order valence-corrected chi connectivity index (χ1v) is 8.01. The maximum atomic E-state index is 11.5. The highest BCUT2D eigenvalue weighted by Crippen LogP contribution is 2.12. The number of carbonyl (C=O) groups is 1. The van der Waals surface area contributed by atoms with Crippen LogP contribution in [0.15, 0.2) is 24.3 Å². The molecular weight excluding hydrogens is 332 g/mol. The van der Waals surface area contributed by atoms with Gasteiger partial charge in [-0.1, -0.05) is 0 Å². The second-order valence-corrected chi connectivity index (χ2v) is 4.84. The monoisotopic (exact) mass is 356 g/mol. The molecule has 0 atom stereocenters. The number of ether oxygens (including phenoxy) is 4. The zero-order chi connectivity index (χ0) is 18.5. The second-order valence-electron chi connectivity index (χ2n) is 4.84. The number of nitro groups is 1. The molecule has 0 radical (unpaired) electrons. The Balaban J connectivity index is 2.15. The van der Waals surface area contributed by atoms with Gasteiger partial charge in [0.25, 0.3) is 5.69 Å². The van der Waals surface area contributed by atoms with E-state index in [1.165, 1.54) is 24.3 Å². The molecule has 0 aromatic heterocycles. The van der Waals surface area contributed by atoms with Crippen LogP contribution < -0.4 is 5.32 Å². The van der Waals surface area contributed by atoms with Crippen molar-refractivity contribution >= 4 is 11.8 Å². The average molecular weight is 356 g/mol. The fraction of sp³-hybridized carbons (Fsp3) is 0.562. The number of non-ortho nitro benzene ring substituents is 1. The van der Waals surface area contributed by atoms with E-state index in [0.29, 0.717) is 25.4 Å². The number of hydrogen-bond acceptors (Lipinski definition) is 7. The highest BCUT2D eigenvalue weighted by atomic mass is 16.7. The highest BCUT2D eigenvalue weighted by Gasteiger charge is 2.08. The Bertz CT molecular complexity index is 516. The van der Waals surface area contributed by atoms with E-state index in [-0.39, 0.29) is 25.4 Å². The molecule has 0 spiro atoms. The Kier molecular flexibility index (Phi) is 10.1. The Hall–Kier alpha value is -2.23. The molecular formula is C16H24N2O7. The molecule has 1 rings (SSSR count). The summed E-state index contributed by atoms with van der Waals surface area (Å²) in [5.74, 6) is 0. The van der Waals surface area contributed by atoms with Crippen molar-refractivity contribution in [1.82, 2.24) is 5.32 Å². The quantitative estimate of drug-likeness (QED) is 0.265. The van der Waals surface area contributed by atoms with Crippen LogP contribution in [0.3, 0.4) is 0 Å². The van der Waals surface area contributed by atoms with Gasteiger partial charge in [-0.2, -0.15) is 0 Å². The van der Waals surface area contributed by atoms with Gasteiger partial charge in [-0.3, -0.25) is 10.1 Å². The summed E-state index contributed by atoms with van der Waals surface area (Å²) in [5.41, 5.74) is 0.649. The summed E-state index contributed by atoms with van der Waals surface area (Å²) in [6.07, 6.45) is -1.00. The average Bonchev–Trinajstić information content (AvgIpc) is 2.60. The molecule has 25 heavy (non-hydrogen) atoms. The molecule has 9 nitrogen and oxygen atoms in total. The predicted molar refractivity (Wildman–Crippen MR) is 89.1 cm³/mol. The van der Waals surface area contributed by atoms with Crippen LogP contribution >= 0.6 is 0 Å². The first kappa shape index (κ1) is 20.8. The summed E-state index contributed by atoms with van der Waals surface area (Å²) < 4.78 is 21.0. The van der Waals surface area contributed by atoms with Crippen LogP contribution in [-0.2, 0) is 25.6 Å². The lowest BCUT2D eigenvalue weighted by Crippen LogP contribution is -2.30. The molecule has 0 aliphatic rings. The molecule has 140 valence electrons. The molecule has 0 heterocycles. The number of amides is 1. The number of rotatable bonds is 12. The van der Waals surface area contributed by atoms with E-state index < -0.39 is 17.3 Å². The van der Waals surface area contributed by atoms with Gasteiger partial charge in [-0.25, -0.2) is 4.79 Å². The molecule has 9 heteroatoms. The number of benzene rings is 1. The van der Waals surface area contributed by atoms with Gasteiger partial charge in [0.05, 0.1) is 18.1 Å². The summed E-state index contributed by atoms with van der Waals surface area (Å²) in [4.78, 5) is 21.6. The summed E-state index contributed by atoms with van der Waals surface area (Å²) in [7, 11) is 0.